The van der Waals surface area contributed by atoms with Crippen LogP contribution < -0.4 is 5.73 Å². The molecule has 9 aromatic rings. The van der Waals surface area contributed by atoms with Crippen LogP contribution in [0.3, 0.4) is 0 Å². The Balaban J connectivity index is 1.12. The molecule has 0 atom stereocenters. The Morgan fingerprint density at radius 1 is 0.578 bits per heavy atom. The second kappa shape index (κ2) is 10.3. The van der Waals surface area contributed by atoms with Gasteiger partial charge in [-0.15, -0.1) is 11.8 Å². The van der Waals surface area contributed by atoms with Gasteiger partial charge in [0.15, 0.2) is 0 Å². The second-order valence-electron chi connectivity index (χ2n) is 11.5. The molecule has 2 N–H and O–H groups in total. The Morgan fingerprint density at radius 3 is 2.13 bits per heavy atom. The van der Waals surface area contributed by atoms with Gasteiger partial charge in [-0.25, -0.2) is 0 Å². The summed E-state index contributed by atoms with van der Waals surface area (Å²) in [4.78, 5) is 1.08. The molecule has 3 nitrogen and oxygen atoms in total. The maximum absolute atomic E-state index is 6.98. The number of anilines is 1. The lowest BCUT2D eigenvalue weighted by Crippen LogP contribution is -1.95. The zero-order valence-electron chi connectivity index (χ0n) is 24.4. The van der Waals surface area contributed by atoms with Crippen molar-refractivity contribution in [1.82, 2.24) is 4.57 Å². The number of nitrogens with two attached hydrogens (primary N) is 1. The first-order chi connectivity index (χ1) is 22.2. The molecule has 214 valence electrons. The van der Waals surface area contributed by atoms with E-state index in [2.05, 4.69) is 126 Å². The highest BCUT2D eigenvalue weighted by atomic mass is 32.2. The van der Waals surface area contributed by atoms with E-state index in [1.165, 1.54) is 38.1 Å². The van der Waals surface area contributed by atoms with Gasteiger partial charge in [-0.05, 0) is 58.3 Å². The third-order valence-electron chi connectivity index (χ3n) is 8.88. The Labute approximate surface area is 264 Å². The van der Waals surface area contributed by atoms with E-state index in [-0.39, 0.29) is 0 Å². The molecule has 0 aliphatic heterocycles. The maximum Gasteiger partial charge on any atom is 0.138 e. The molecule has 0 spiro atoms. The number of aromatic nitrogens is 1. The molecule has 0 bridgehead atoms. The van der Waals surface area contributed by atoms with Crippen LogP contribution >= 0.6 is 11.8 Å². The van der Waals surface area contributed by atoms with Gasteiger partial charge in [-0.3, -0.25) is 0 Å². The minimum absolute atomic E-state index is 0.774. The Morgan fingerprint density at radius 2 is 1.29 bits per heavy atom. The highest BCUT2D eigenvalue weighted by Gasteiger charge is 2.19. The number of thioether (sulfide) groups is 1. The fourth-order valence-corrected chi connectivity index (χ4v) is 7.89. The van der Waals surface area contributed by atoms with E-state index in [4.69, 9.17) is 10.2 Å². The van der Waals surface area contributed by atoms with Crippen molar-refractivity contribution in [2.24, 2.45) is 0 Å². The van der Waals surface area contributed by atoms with E-state index < -0.39 is 0 Å². The number of hydrogen-bond acceptors (Lipinski definition) is 3. The summed E-state index contributed by atoms with van der Waals surface area (Å²) in [6.07, 6.45) is 0. The third kappa shape index (κ3) is 4.14. The summed E-state index contributed by atoms with van der Waals surface area (Å²) in [5, 5.41) is 7.16. The number of benzene rings is 7. The summed E-state index contributed by atoms with van der Waals surface area (Å²) >= 11 is 1.78. The number of rotatable bonds is 5. The van der Waals surface area contributed by atoms with Gasteiger partial charge in [0.1, 0.15) is 11.2 Å². The van der Waals surface area contributed by atoms with Crippen LogP contribution in [0, 0.1) is 0 Å². The zero-order valence-corrected chi connectivity index (χ0v) is 25.2. The van der Waals surface area contributed by atoms with Gasteiger partial charge in [-0.1, -0.05) is 109 Å². The molecule has 0 radical (unpaired) electrons. The smallest absolute Gasteiger partial charge is 0.138 e. The normalized spacial score (nSPS) is 11.8. The number of nitrogen functional groups attached to an aromatic ring is 1. The van der Waals surface area contributed by atoms with E-state index in [0.29, 0.717) is 0 Å². The molecule has 45 heavy (non-hydrogen) atoms. The molecule has 2 heterocycles. The quantitative estimate of drug-likeness (QED) is 0.159. The van der Waals surface area contributed by atoms with Crippen LogP contribution in [0.1, 0.15) is 5.56 Å². The van der Waals surface area contributed by atoms with Crippen molar-refractivity contribution in [2.75, 3.05) is 5.73 Å². The minimum atomic E-state index is 0.774. The lowest BCUT2D eigenvalue weighted by Gasteiger charge is -2.14. The van der Waals surface area contributed by atoms with Gasteiger partial charge in [0.05, 0.1) is 22.1 Å². The van der Waals surface area contributed by atoms with Crippen molar-refractivity contribution < 1.29 is 4.42 Å². The van der Waals surface area contributed by atoms with Crippen LogP contribution in [-0.2, 0) is 5.75 Å². The standard InChI is InChI=1S/C41H28N2OS/c42-40-39-32-15-7-9-17-36(32)44-37(39)24-33(27-10-2-1-3-11-27)41(40)45-25-26-18-21-29(22-19-26)43-34-16-8-6-14-31(34)38-30-13-5-4-12-28(30)20-23-35(38)43/h1-24H,25,42H2. The first kappa shape index (κ1) is 26.0. The highest BCUT2D eigenvalue weighted by molar-refractivity contribution is 7.98. The second-order valence-corrected chi connectivity index (χ2v) is 12.5. The molecular formula is C41H28N2OS. The van der Waals surface area contributed by atoms with Crippen molar-refractivity contribution in [3.8, 4) is 16.8 Å². The van der Waals surface area contributed by atoms with Crippen LogP contribution in [-0.4, -0.2) is 4.57 Å². The zero-order chi connectivity index (χ0) is 29.9. The Hall–Kier alpha value is -5.45. The summed E-state index contributed by atoms with van der Waals surface area (Å²) in [5.41, 5.74) is 16.5. The first-order valence-electron chi connectivity index (χ1n) is 15.2. The molecule has 0 aliphatic carbocycles. The molecule has 0 amide bonds. The molecule has 9 rings (SSSR count). The van der Waals surface area contributed by atoms with Crippen LogP contribution in [0.5, 0.6) is 0 Å². The Kier molecular flexibility index (Phi) is 5.97. The molecular weight excluding hydrogens is 569 g/mol. The average Bonchev–Trinajstić information content (AvgIpc) is 3.64. The van der Waals surface area contributed by atoms with Crippen molar-refractivity contribution >= 4 is 72.0 Å². The predicted molar refractivity (Wildman–Crippen MR) is 191 cm³/mol. The summed E-state index contributed by atoms with van der Waals surface area (Å²) in [6.45, 7) is 0. The van der Waals surface area contributed by atoms with E-state index in [0.717, 1.165) is 55.1 Å². The molecule has 0 aliphatic rings. The molecule has 0 saturated carbocycles. The van der Waals surface area contributed by atoms with Crippen LogP contribution in [0.2, 0.25) is 0 Å². The SMILES string of the molecule is Nc1c(SCc2ccc(-n3c4ccccc4c4c5ccccc5ccc43)cc2)c(-c2ccccc2)cc2oc3ccccc3c12. The molecule has 2 aromatic heterocycles. The third-order valence-corrected chi connectivity index (χ3v) is 10.1. The monoisotopic (exact) mass is 596 g/mol. The van der Waals surface area contributed by atoms with Gasteiger partial charge < -0.3 is 14.7 Å². The summed E-state index contributed by atoms with van der Waals surface area (Å²) < 4.78 is 8.64. The number of furan rings is 1. The first-order valence-corrected chi connectivity index (χ1v) is 16.2. The van der Waals surface area contributed by atoms with Crippen LogP contribution in [0.4, 0.5) is 5.69 Å². The highest BCUT2D eigenvalue weighted by Crippen LogP contribution is 2.45. The van der Waals surface area contributed by atoms with Crippen LogP contribution in [0.25, 0.3) is 71.3 Å². The predicted octanol–water partition coefficient (Wildman–Crippen LogP) is 11.4. The summed E-state index contributed by atoms with van der Waals surface area (Å²) in [5.74, 6) is 0.795. The topological polar surface area (TPSA) is 44.1 Å². The fraction of sp³-hybridized carbons (Fsp3) is 0.0244. The van der Waals surface area contributed by atoms with Crippen molar-refractivity contribution in [2.45, 2.75) is 10.6 Å². The largest absolute Gasteiger partial charge is 0.456 e. The van der Waals surface area contributed by atoms with E-state index in [1.54, 1.807) is 11.8 Å². The van der Waals surface area contributed by atoms with Crippen LogP contribution in [0.15, 0.2) is 155 Å². The lowest BCUT2D eigenvalue weighted by atomic mass is 10.0. The Bertz CT molecular complexity index is 2540. The summed E-state index contributed by atoms with van der Waals surface area (Å²) in [7, 11) is 0. The van der Waals surface area contributed by atoms with E-state index in [1.807, 2.05) is 24.3 Å². The number of nitrogens with zero attached hydrogens (tertiary/aromatic N) is 1. The van der Waals surface area contributed by atoms with Gasteiger partial charge in [0.2, 0.25) is 0 Å². The molecule has 0 saturated heterocycles. The van der Waals surface area contributed by atoms with Gasteiger partial charge >= 0.3 is 0 Å². The van der Waals surface area contributed by atoms with Crippen molar-refractivity contribution in [3.63, 3.8) is 0 Å². The maximum atomic E-state index is 6.98. The van der Waals surface area contributed by atoms with Crippen molar-refractivity contribution in [1.29, 1.82) is 0 Å². The minimum Gasteiger partial charge on any atom is -0.456 e. The fourth-order valence-electron chi connectivity index (χ4n) is 6.80. The molecule has 0 fully saturated rings. The lowest BCUT2D eigenvalue weighted by molar-refractivity contribution is 0.669. The van der Waals surface area contributed by atoms with Gasteiger partial charge in [0, 0.05) is 38.1 Å². The number of para-hydroxylation sites is 2. The average molecular weight is 597 g/mol. The number of hydrogen-bond donors (Lipinski definition) is 1. The molecule has 4 heteroatoms. The van der Waals surface area contributed by atoms with E-state index in [9.17, 15) is 0 Å². The molecule has 0 unspecified atom stereocenters. The summed E-state index contributed by atoms with van der Waals surface area (Å²) in [6, 6.07) is 51.6. The van der Waals surface area contributed by atoms with E-state index >= 15 is 0 Å². The molecule has 7 aromatic carbocycles. The number of fused-ring (bicyclic) bond motifs is 8. The van der Waals surface area contributed by atoms with Gasteiger partial charge in [0.25, 0.3) is 0 Å². The van der Waals surface area contributed by atoms with Gasteiger partial charge in [-0.2, -0.15) is 0 Å². The van der Waals surface area contributed by atoms with Crippen molar-refractivity contribution in [3.05, 3.63) is 151 Å².